The fourth-order valence-corrected chi connectivity index (χ4v) is 2.92. The molecular weight excluding hydrogens is 272 g/mol. The molecule has 1 N–H and O–H groups in total. The van der Waals surface area contributed by atoms with Crippen molar-refractivity contribution in [2.24, 2.45) is 11.3 Å². The fourth-order valence-electron chi connectivity index (χ4n) is 2.92. The molecule has 1 saturated carbocycles. The highest BCUT2D eigenvalue weighted by atomic mass is 16.5. The third kappa shape index (κ3) is 2.65. The van der Waals surface area contributed by atoms with E-state index in [1.54, 1.807) is 6.92 Å². The SMILES string of the molecule is COC(=O)C1(C(=O)OC)CC1Cc1ccccc1C(C)O. The van der Waals surface area contributed by atoms with E-state index in [0.717, 1.165) is 11.1 Å². The van der Waals surface area contributed by atoms with Crippen molar-refractivity contribution < 1.29 is 24.2 Å². The Hall–Kier alpha value is -1.88. The second-order valence-corrected chi connectivity index (χ2v) is 5.43. The summed E-state index contributed by atoms with van der Waals surface area (Å²) in [7, 11) is 2.54. The molecule has 1 aliphatic rings. The Labute approximate surface area is 123 Å². The molecule has 0 aliphatic heterocycles. The summed E-state index contributed by atoms with van der Waals surface area (Å²) < 4.78 is 9.51. The van der Waals surface area contributed by atoms with Crippen molar-refractivity contribution in [3.8, 4) is 0 Å². The van der Waals surface area contributed by atoms with Crippen LogP contribution in [0.2, 0.25) is 0 Å². The molecule has 114 valence electrons. The van der Waals surface area contributed by atoms with Crippen LogP contribution in [-0.4, -0.2) is 31.3 Å². The second-order valence-electron chi connectivity index (χ2n) is 5.43. The van der Waals surface area contributed by atoms with Gasteiger partial charge < -0.3 is 14.6 Å². The summed E-state index contributed by atoms with van der Waals surface area (Å²) in [5, 5.41) is 9.80. The van der Waals surface area contributed by atoms with Crippen molar-refractivity contribution in [2.45, 2.75) is 25.9 Å². The van der Waals surface area contributed by atoms with Gasteiger partial charge in [-0.2, -0.15) is 0 Å². The van der Waals surface area contributed by atoms with E-state index in [0.29, 0.717) is 12.8 Å². The zero-order chi connectivity index (χ0) is 15.6. The lowest BCUT2D eigenvalue weighted by Crippen LogP contribution is -2.31. The topological polar surface area (TPSA) is 72.8 Å². The van der Waals surface area contributed by atoms with Gasteiger partial charge in [0.05, 0.1) is 20.3 Å². The average Bonchev–Trinajstić information content (AvgIpc) is 3.21. The molecule has 21 heavy (non-hydrogen) atoms. The number of rotatable bonds is 5. The van der Waals surface area contributed by atoms with Gasteiger partial charge in [-0.1, -0.05) is 24.3 Å². The zero-order valence-electron chi connectivity index (χ0n) is 12.5. The van der Waals surface area contributed by atoms with Crippen LogP contribution in [0.15, 0.2) is 24.3 Å². The zero-order valence-corrected chi connectivity index (χ0v) is 12.5. The molecule has 0 bridgehead atoms. The smallest absolute Gasteiger partial charge is 0.323 e. The first kappa shape index (κ1) is 15.5. The molecule has 1 aromatic carbocycles. The first-order chi connectivity index (χ1) is 9.97. The van der Waals surface area contributed by atoms with E-state index in [1.807, 2.05) is 24.3 Å². The highest BCUT2D eigenvalue weighted by Crippen LogP contribution is 2.56. The fraction of sp³-hybridized carbons (Fsp3) is 0.500. The molecular formula is C16H20O5. The minimum Gasteiger partial charge on any atom is -0.468 e. The third-order valence-electron chi connectivity index (χ3n) is 4.18. The molecule has 0 aromatic heterocycles. The summed E-state index contributed by atoms with van der Waals surface area (Å²) in [6.45, 7) is 1.69. The molecule has 1 aliphatic carbocycles. The second kappa shape index (κ2) is 5.85. The van der Waals surface area contributed by atoms with Gasteiger partial charge in [-0.05, 0) is 36.8 Å². The number of ether oxygens (including phenoxy) is 2. The van der Waals surface area contributed by atoms with Gasteiger partial charge in [0, 0.05) is 0 Å². The molecule has 0 heterocycles. The van der Waals surface area contributed by atoms with Crippen LogP contribution in [0.1, 0.15) is 30.6 Å². The minimum absolute atomic E-state index is 0.155. The van der Waals surface area contributed by atoms with Crippen LogP contribution in [0.3, 0.4) is 0 Å². The number of methoxy groups -OCH3 is 2. The predicted octanol–water partition coefficient (Wildman–Crippen LogP) is 1.63. The molecule has 0 radical (unpaired) electrons. The van der Waals surface area contributed by atoms with Crippen LogP contribution in [-0.2, 0) is 25.5 Å². The molecule has 5 nitrogen and oxygen atoms in total. The highest BCUT2D eigenvalue weighted by Gasteiger charge is 2.67. The highest BCUT2D eigenvalue weighted by molar-refractivity contribution is 6.03. The number of benzene rings is 1. The molecule has 0 saturated heterocycles. The van der Waals surface area contributed by atoms with E-state index in [-0.39, 0.29) is 5.92 Å². The Morgan fingerprint density at radius 2 is 1.86 bits per heavy atom. The molecule has 0 spiro atoms. The van der Waals surface area contributed by atoms with Gasteiger partial charge in [0.25, 0.3) is 0 Å². The van der Waals surface area contributed by atoms with Gasteiger partial charge in [-0.25, -0.2) is 0 Å². The van der Waals surface area contributed by atoms with Crippen molar-refractivity contribution in [3.05, 3.63) is 35.4 Å². The van der Waals surface area contributed by atoms with Crippen molar-refractivity contribution >= 4 is 11.9 Å². The first-order valence-electron chi connectivity index (χ1n) is 6.90. The van der Waals surface area contributed by atoms with E-state index in [2.05, 4.69) is 0 Å². The molecule has 2 rings (SSSR count). The van der Waals surface area contributed by atoms with E-state index < -0.39 is 23.5 Å². The lowest BCUT2D eigenvalue weighted by Gasteiger charge is -2.15. The molecule has 2 atom stereocenters. The van der Waals surface area contributed by atoms with Crippen molar-refractivity contribution in [1.82, 2.24) is 0 Å². The van der Waals surface area contributed by atoms with Crippen molar-refractivity contribution in [2.75, 3.05) is 14.2 Å². The number of hydrogen-bond donors (Lipinski definition) is 1. The third-order valence-corrected chi connectivity index (χ3v) is 4.18. The van der Waals surface area contributed by atoms with Crippen LogP contribution < -0.4 is 0 Å². The maximum atomic E-state index is 11.9. The van der Waals surface area contributed by atoms with Gasteiger partial charge in [0.15, 0.2) is 5.41 Å². The Kier molecular flexibility index (Phi) is 4.32. The number of aliphatic hydroxyl groups excluding tert-OH is 1. The van der Waals surface area contributed by atoms with Gasteiger partial charge >= 0.3 is 11.9 Å². The molecule has 1 aromatic rings. The summed E-state index contributed by atoms with van der Waals surface area (Å²) in [5.41, 5.74) is 0.565. The average molecular weight is 292 g/mol. The van der Waals surface area contributed by atoms with Crippen LogP contribution in [0.25, 0.3) is 0 Å². The number of esters is 2. The van der Waals surface area contributed by atoms with Crippen molar-refractivity contribution in [3.63, 3.8) is 0 Å². The van der Waals surface area contributed by atoms with Crippen molar-refractivity contribution in [1.29, 1.82) is 0 Å². The first-order valence-corrected chi connectivity index (χ1v) is 6.90. The largest absolute Gasteiger partial charge is 0.468 e. The Bertz CT molecular complexity index is 533. The van der Waals surface area contributed by atoms with Gasteiger partial charge in [0.1, 0.15) is 0 Å². The van der Waals surface area contributed by atoms with Crippen LogP contribution in [0.4, 0.5) is 0 Å². The van der Waals surface area contributed by atoms with E-state index in [1.165, 1.54) is 14.2 Å². The van der Waals surface area contributed by atoms with Gasteiger partial charge in [-0.15, -0.1) is 0 Å². The molecule has 1 fully saturated rings. The summed E-state index contributed by atoms with van der Waals surface area (Å²) in [6.07, 6.45) is 0.358. The number of carbonyl (C=O) groups excluding carboxylic acids is 2. The number of hydrogen-bond acceptors (Lipinski definition) is 5. The van der Waals surface area contributed by atoms with Gasteiger partial charge in [-0.3, -0.25) is 9.59 Å². The summed E-state index contributed by atoms with van der Waals surface area (Å²) >= 11 is 0. The monoisotopic (exact) mass is 292 g/mol. The Morgan fingerprint density at radius 3 is 2.38 bits per heavy atom. The molecule has 0 amide bonds. The number of aliphatic hydroxyl groups is 1. The number of carbonyl (C=O) groups is 2. The quantitative estimate of drug-likeness (QED) is 0.659. The summed E-state index contributed by atoms with van der Waals surface area (Å²) in [6, 6.07) is 7.48. The van der Waals surface area contributed by atoms with Crippen LogP contribution in [0, 0.1) is 11.3 Å². The minimum atomic E-state index is -1.19. The summed E-state index contributed by atoms with van der Waals surface area (Å²) in [5.74, 6) is -1.25. The lowest BCUT2D eigenvalue weighted by molar-refractivity contribution is -0.162. The standard InChI is InChI=1S/C16H20O5/c1-10(17)13-7-5-4-6-11(13)8-12-9-16(12,14(18)20-2)15(19)21-3/h4-7,10,12,17H,8-9H2,1-3H3. The molecule has 5 heteroatoms. The normalized spacial score (nSPS) is 20.5. The van der Waals surface area contributed by atoms with E-state index >= 15 is 0 Å². The van der Waals surface area contributed by atoms with Gasteiger partial charge in [0.2, 0.25) is 0 Å². The van der Waals surface area contributed by atoms with Crippen LogP contribution in [0.5, 0.6) is 0 Å². The van der Waals surface area contributed by atoms with E-state index in [4.69, 9.17) is 9.47 Å². The van der Waals surface area contributed by atoms with Crippen LogP contribution >= 0.6 is 0 Å². The van der Waals surface area contributed by atoms with E-state index in [9.17, 15) is 14.7 Å². The maximum absolute atomic E-state index is 11.9. The maximum Gasteiger partial charge on any atom is 0.323 e. The summed E-state index contributed by atoms with van der Waals surface area (Å²) in [4.78, 5) is 23.9. The predicted molar refractivity (Wildman–Crippen MR) is 75.4 cm³/mol. The lowest BCUT2D eigenvalue weighted by atomic mass is 9.94. The Morgan fingerprint density at radius 1 is 1.29 bits per heavy atom. The Balaban J connectivity index is 2.22. The molecule has 2 unspecified atom stereocenters.